The zero-order chi connectivity index (χ0) is 20.1. The molecule has 0 aromatic heterocycles. The van der Waals surface area contributed by atoms with Crippen LogP contribution in [0.3, 0.4) is 0 Å². The van der Waals surface area contributed by atoms with Gasteiger partial charge in [-0.25, -0.2) is 0 Å². The van der Waals surface area contributed by atoms with Crippen molar-refractivity contribution in [2.24, 2.45) is 5.73 Å². The number of amides is 1. The Hall–Kier alpha value is -0.420. The molecule has 160 valence electrons. The second-order valence-corrected chi connectivity index (χ2v) is 8.14. The highest BCUT2D eigenvalue weighted by Gasteiger charge is 2.43. The Labute approximate surface area is 165 Å². The van der Waals surface area contributed by atoms with Gasteiger partial charge in [0.1, 0.15) is 29.9 Å². The zero-order valence-electron chi connectivity index (χ0n) is 16.0. The van der Waals surface area contributed by atoms with Crippen molar-refractivity contribution in [1.29, 1.82) is 0 Å². The first-order valence-corrected chi connectivity index (χ1v) is 10.9. The molecule has 1 fully saturated rings. The Bertz CT molecular complexity index is 402. The largest absolute Gasteiger partial charge is 0.394 e. The van der Waals surface area contributed by atoms with Crippen molar-refractivity contribution in [2.45, 2.75) is 81.2 Å². The molecular weight excluding hydrogens is 372 g/mol. The molecule has 27 heavy (non-hydrogen) atoms. The first-order chi connectivity index (χ1) is 13.0. The van der Waals surface area contributed by atoms with Gasteiger partial charge >= 0.3 is 0 Å². The van der Waals surface area contributed by atoms with E-state index in [9.17, 15) is 20.1 Å². The third-order valence-electron chi connectivity index (χ3n) is 4.63. The van der Waals surface area contributed by atoms with E-state index in [1.807, 2.05) is 0 Å². The van der Waals surface area contributed by atoms with Crippen molar-refractivity contribution in [2.75, 3.05) is 25.4 Å². The van der Waals surface area contributed by atoms with Crippen molar-refractivity contribution in [3.05, 3.63) is 0 Å². The lowest BCUT2D eigenvalue weighted by molar-refractivity contribution is -0.205. The van der Waals surface area contributed by atoms with Crippen LogP contribution in [-0.4, -0.2) is 81.6 Å². The van der Waals surface area contributed by atoms with Crippen LogP contribution in [0, 0.1) is 0 Å². The highest BCUT2D eigenvalue weighted by Crippen LogP contribution is 2.29. The average Bonchev–Trinajstić information content (AvgIpc) is 2.67. The third-order valence-corrected chi connectivity index (χ3v) is 5.87. The number of carbonyl (C=O) groups excluding carboxylic acids is 1. The molecule has 0 unspecified atom stereocenters. The number of ether oxygens (including phenoxy) is 1. The summed E-state index contributed by atoms with van der Waals surface area (Å²) in [6.07, 6.45) is 2.63. The number of hydrogen-bond acceptors (Lipinski definition) is 8. The van der Waals surface area contributed by atoms with Crippen molar-refractivity contribution >= 4 is 17.7 Å². The number of aliphatic hydroxyl groups excluding tert-OH is 4. The zero-order valence-corrected chi connectivity index (χ0v) is 16.8. The van der Waals surface area contributed by atoms with Crippen molar-refractivity contribution in [1.82, 2.24) is 5.32 Å². The number of rotatable bonds is 14. The van der Waals surface area contributed by atoms with Gasteiger partial charge in [0.05, 0.1) is 6.61 Å². The van der Waals surface area contributed by atoms with Crippen molar-refractivity contribution < 1.29 is 30.0 Å². The highest BCUT2D eigenvalue weighted by atomic mass is 32.2. The average molecular weight is 409 g/mol. The summed E-state index contributed by atoms with van der Waals surface area (Å²) in [6, 6.07) is 0. The molecule has 0 radical (unpaired) electrons. The summed E-state index contributed by atoms with van der Waals surface area (Å²) in [5.41, 5.74) is 4.76. The second-order valence-electron chi connectivity index (χ2n) is 6.93. The number of aliphatic hydroxyl groups is 4. The number of thioether (sulfide) groups is 1. The quantitative estimate of drug-likeness (QED) is 0.215. The first kappa shape index (κ1) is 24.6. The lowest BCUT2D eigenvalue weighted by atomic mass is 10.0. The van der Waals surface area contributed by atoms with Gasteiger partial charge in [-0.3, -0.25) is 4.79 Å². The SMILES string of the molecule is NCCCCCC(=O)NCCCCCCS[C@@H]1O[C@H](CO)[C@@H](O)[C@H](O)[C@@H]1O. The van der Waals surface area contributed by atoms with E-state index in [4.69, 9.17) is 15.6 Å². The summed E-state index contributed by atoms with van der Waals surface area (Å²) in [5, 5.41) is 41.5. The van der Waals surface area contributed by atoms with Gasteiger partial charge in [-0.1, -0.05) is 19.3 Å². The van der Waals surface area contributed by atoms with Crippen LogP contribution in [0.1, 0.15) is 51.4 Å². The fraction of sp³-hybridized carbons (Fsp3) is 0.944. The van der Waals surface area contributed by atoms with Gasteiger partial charge < -0.3 is 36.2 Å². The predicted octanol–water partition coefficient (Wildman–Crippen LogP) is -0.285. The van der Waals surface area contributed by atoms with Gasteiger partial charge in [-0.15, -0.1) is 11.8 Å². The standard InChI is InChI=1S/C18H36N2O6S/c19-9-5-3-4-8-14(22)20-10-6-1-2-7-11-27-18-17(25)16(24)15(23)13(12-21)26-18/h13,15-18,21,23-25H,1-12,19H2,(H,20,22)/t13-,15-,16+,17+,18+/m1/s1. The molecule has 7 N–H and O–H groups in total. The normalized spacial score (nSPS) is 28.3. The van der Waals surface area contributed by atoms with Crippen molar-refractivity contribution in [3.63, 3.8) is 0 Å². The minimum atomic E-state index is -1.31. The van der Waals surface area contributed by atoms with Crippen LogP contribution in [0.2, 0.25) is 0 Å². The Morgan fingerprint density at radius 3 is 2.37 bits per heavy atom. The maximum Gasteiger partial charge on any atom is 0.219 e. The fourth-order valence-electron chi connectivity index (χ4n) is 2.91. The van der Waals surface area contributed by atoms with E-state index in [1.54, 1.807) is 0 Å². The van der Waals surface area contributed by atoms with E-state index >= 15 is 0 Å². The van der Waals surface area contributed by atoms with Crippen molar-refractivity contribution in [3.8, 4) is 0 Å². The number of unbranched alkanes of at least 4 members (excludes halogenated alkanes) is 5. The highest BCUT2D eigenvalue weighted by molar-refractivity contribution is 7.99. The predicted molar refractivity (Wildman–Crippen MR) is 105 cm³/mol. The molecule has 0 aliphatic carbocycles. The van der Waals surface area contributed by atoms with E-state index in [1.165, 1.54) is 11.8 Å². The van der Waals surface area contributed by atoms with Crippen LogP contribution in [0.5, 0.6) is 0 Å². The summed E-state index contributed by atoms with van der Waals surface area (Å²) >= 11 is 1.38. The number of carbonyl (C=O) groups is 1. The van der Waals surface area contributed by atoms with Gasteiger partial charge in [-0.05, 0) is 38.0 Å². The van der Waals surface area contributed by atoms with Gasteiger partial charge in [-0.2, -0.15) is 0 Å². The van der Waals surface area contributed by atoms with E-state index in [-0.39, 0.29) is 5.91 Å². The number of nitrogens with one attached hydrogen (secondary N) is 1. The molecule has 1 aliphatic heterocycles. The smallest absolute Gasteiger partial charge is 0.219 e. The fourth-order valence-corrected chi connectivity index (χ4v) is 4.09. The maximum absolute atomic E-state index is 11.6. The molecule has 0 spiro atoms. The van der Waals surface area contributed by atoms with E-state index in [2.05, 4.69) is 5.32 Å². The molecular formula is C18H36N2O6S. The Kier molecular flexibility index (Phi) is 13.3. The Balaban J connectivity index is 2.01. The molecule has 1 rings (SSSR count). The van der Waals surface area contributed by atoms with E-state index < -0.39 is 36.5 Å². The Morgan fingerprint density at radius 1 is 0.963 bits per heavy atom. The third kappa shape index (κ3) is 9.56. The van der Waals surface area contributed by atoms with Gasteiger partial charge in [0.15, 0.2) is 0 Å². The number of hydrogen-bond donors (Lipinski definition) is 6. The number of nitrogens with two attached hydrogens (primary N) is 1. The van der Waals surface area contributed by atoms with E-state index in [0.29, 0.717) is 19.5 Å². The molecule has 1 saturated heterocycles. The van der Waals surface area contributed by atoms with Gasteiger partial charge in [0.25, 0.3) is 0 Å². The molecule has 8 nitrogen and oxygen atoms in total. The minimum absolute atomic E-state index is 0.102. The van der Waals surface area contributed by atoms with Crippen LogP contribution in [-0.2, 0) is 9.53 Å². The molecule has 0 saturated carbocycles. The maximum atomic E-state index is 11.6. The molecule has 1 aliphatic rings. The lowest BCUT2D eigenvalue weighted by Crippen LogP contribution is -2.57. The molecule has 0 aromatic rings. The van der Waals surface area contributed by atoms with Crippen LogP contribution >= 0.6 is 11.8 Å². The van der Waals surface area contributed by atoms with E-state index in [0.717, 1.165) is 50.7 Å². The minimum Gasteiger partial charge on any atom is -0.394 e. The second kappa shape index (κ2) is 14.6. The first-order valence-electron chi connectivity index (χ1n) is 9.90. The molecule has 1 amide bonds. The van der Waals surface area contributed by atoms with Crippen LogP contribution in [0.25, 0.3) is 0 Å². The summed E-state index contributed by atoms with van der Waals surface area (Å²) in [5.74, 6) is 0.848. The van der Waals surface area contributed by atoms with Crippen LogP contribution in [0.4, 0.5) is 0 Å². The topological polar surface area (TPSA) is 145 Å². The van der Waals surface area contributed by atoms with Gasteiger partial charge in [0.2, 0.25) is 5.91 Å². The molecule has 1 heterocycles. The molecule has 0 aromatic carbocycles. The molecule has 0 bridgehead atoms. The van der Waals surface area contributed by atoms with Crippen LogP contribution < -0.4 is 11.1 Å². The van der Waals surface area contributed by atoms with Crippen LogP contribution in [0.15, 0.2) is 0 Å². The summed E-state index contributed by atoms with van der Waals surface area (Å²) in [7, 11) is 0. The summed E-state index contributed by atoms with van der Waals surface area (Å²) < 4.78 is 5.45. The molecule has 5 atom stereocenters. The lowest BCUT2D eigenvalue weighted by Gasteiger charge is -2.39. The monoisotopic (exact) mass is 408 g/mol. The molecule has 9 heteroatoms. The Morgan fingerprint density at radius 2 is 1.67 bits per heavy atom. The summed E-state index contributed by atoms with van der Waals surface area (Å²) in [6.45, 7) is 0.965. The van der Waals surface area contributed by atoms with Gasteiger partial charge in [0, 0.05) is 13.0 Å². The summed E-state index contributed by atoms with van der Waals surface area (Å²) in [4.78, 5) is 11.6.